The molecule has 2 aromatic heterocycles. The van der Waals surface area contributed by atoms with Crippen molar-refractivity contribution < 1.29 is 4.79 Å². The highest BCUT2D eigenvalue weighted by Crippen LogP contribution is 2.26. The smallest absolute Gasteiger partial charge is 0.222 e. The molecule has 2 aromatic rings. The Kier molecular flexibility index (Phi) is 4.79. The van der Waals surface area contributed by atoms with Crippen LogP contribution in [-0.2, 0) is 17.6 Å². The van der Waals surface area contributed by atoms with Crippen molar-refractivity contribution in [1.29, 1.82) is 0 Å². The molecule has 1 saturated heterocycles. The highest BCUT2D eigenvalue weighted by atomic mass is 16.2. The second-order valence-corrected chi connectivity index (χ2v) is 6.97. The lowest BCUT2D eigenvalue weighted by Gasteiger charge is -2.31. The van der Waals surface area contributed by atoms with E-state index in [1.807, 2.05) is 19.2 Å². The van der Waals surface area contributed by atoms with Gasteiger partial charge < -0.3 is 15.5 Å². The summed E-state index contributed by atoms with van der Waals surface area (Å²) in [5, 5.41) is 7.04. The van der Waals surface area contributed by atoms with Crippen LogP contribution in [0.1, 0.15) is 24.1 Å². The number of pyridine rings is 1. The number of nitrogens with zero attached hydrogens (tertiary/aromatic N) is 4. The molecule has 1 atom stereocenters. The zero-order valence-corrected chi connectivity index (χ0v) is 15.0. The van der Waals surface area contributed by atoms with E-state index in [9.17, 15) is 4.79 Å². The Labute approximate surface area is 153 Å². The minimum absolute atomic E-state index is 0.213. The molecule has 0 radical (unpaired) electrons. The van der Waals surface area contributed by atoms with Gasteiger partial charge >= 0.3 is 0 Å². The van der Waals surface area contributed by atoms with Crippen LogP contribution in [0.15, 0.2) is 24.5 Å². The molecule has 1 amide bonds. The first kappa shape index (κ1) is 16.9. The number of hydrogen-bond donors (Lipinski definition) is 2. The third kappa shape index (κ3) is 3.53. The molecule has 7 heteroatoms. The third-order valence-electron chi connectivity index (χ3n) is 5.07. The summed E-state index contributed by atoms with van der Waals surface area (Å²) in [6.45, 7) is 2.56. The number of aromatic nitrogens is 3. The minimum Gasteiger partial charge on any atom is -0.365 e. The summed E-state index contributed by atoms with van der Waals surface area (Å²) in [5.41, 5.74) is 3.22. The van der Waals surface area contributed by atoms with Crippen LogP contribution in [-0.4, -0.2) is 58.5 Å². The highest BCUT2D eigenvalue weighted by Gasteiger charge is 2.25. The number of fused-ring (bicyclic) bond motifs is 1. The Hall–Kier alpha value is -2.54. The van der Waals surface area contributed by atoms with Crippen LogP contribution in [0.3, 0.4) is 0 Å². The summed E-state index contributed by atoms with van der Waals surface area (Å²) < 4.78 is 0. The molecule has 0 aromatic carbocycles. The third-order valence-corrected chi connectivity index (χ3v) is 5.07. The van der Waals surface area contributed by atoms with Crippen LogP contribution >= 0.6 is 0 Å². The van der Waals surface area contributed by atoms with Gasteiger partial charge in [-0.1, -0.05) is 0 Å². The summed E-state index contributed by atoms with van der Waals surface area (Å²) in [4.78, 5) is 27.4. The fourth-order valence-electron chi connectivity index (χ4n) is 3.61. The lowest BCUT2D eigenvalue weighted by Crippen LogP contribution is -2.43. The number of piperidine rings is 1. The van der Waals surface area contributed by atoms with Crippen LogP contribution in [0.5, 0.6) is 0 Å². The van der Waals surface area contributed by atoms with Crippen molar-refractivity contribution in [1.82, 2.24) is 25.2 Å². The Balaban J connectivity index is 1.68. The lowest BCUT2D eigenvalue weighted by molar-refractivity contribution is -0.132. The van der Waals surface area contributed by atoms with E-state index in [4.69, 9.17) is 9.97 Å². The van der Waals surface area contributed by atoms with Crippen molar-refractivity contribution in [3.8, 4) is 11.4 Å². The van der Waals surface area contributed by atoms with E-state index in [0.717, 1.165) is 49.4 Å². The molecule has 2 aliphatic heterocycles. The van der Waals surface area contributed by atoms with Crippen LogP contribution in [0, 0.1) is 0 Å². The summed E-state index contributed by atoms with van der Waals surface area (Å²) in [6, 6.07) is 4.11. The topological polar surface area (TPSA) is 83.0 Å². The zero-order valence-electron chi connectivity index (χ0n) is 15.0. The second-order valence-electron chi connectivity index (χ2n) is 6.97. The minimum atomic E-state index is 0.213. The second kappa shape index (κ2) is 7.37. The first-order chi connectivity index (χ1) is 12.7. The number of carbonyl (C=O) groups excluding carboxylic acids is 1. The quantitative estimate of drug-likeness (QED) is 0.865. The fraction of sp³-hybridized carbons (Fsp3) is 0.474. The molecular formula is C19H24N6O. The van der Waals surface area contributed by atoms with Gasteiger partial charge in [0.05, 0.1) is 5.69 Å². The van der Waals surface area contributed by atoms with Gasteiger partial charge in [-0.25, -0.2) is 9.97 Å². The van der Waals surface area contributed by atoms with E-state index in [-0.39, 0.29) is 11.9 Å². The molecule has 4 rings (SSSR count). The predicted octanol–water partition coefficient (Wildman–Crippen LogP) is 1.26. The maximum atomic E-state index is 11.8. The number of amides is 1. The number of likely N-dealkylation sites (tertiary alicyclic amines) is 1. The van der Waals surface area contributed by atoms with Crippen LogP contribution in [0.4, 0.5) is 5.82 Å². The van der Waals surface area contributed by atoms with Crippen molar-refractivity contribution in [2.45, 2.75) is 31.7 Å². The first-order valence-electron chi connectivity index (χ1n) is 9.22. The lowest BCUT2D eigenvalue weighted by atomic mass is 10.0. The van der Waals surface area contributed by atoms with E-state index in [1.54, 1.807) is 17.3 Å². The Morgan fingerprint density at radius 2 is 2.12 bits per heavy atom. The number of nitrogens with one attached hydrogen (secondary N) is 2. The van der Waals surface area contributed by atoms with Crippen molar-refractivity contribution in [2.24, 2.45) is 0 Å². The van der Waals surface area contributed by atoms with Gasteiger partial charge in [-0.05, 0) is 31.5 Å². The van der Waals surface area contributed by atoms with E-state index in [0.29, 0.717) is 18.8 Å². The molecule has 0 saturated carbocycles. The molecule has 0 unspecified atom stereocenters. The summed E-state index contributed by atoms with van der Waals surface area (Å²) in [6.07, 6.45) is 6.77. The zero-order chi connectivity index (χ0) is 17.9. The standard InChI is InChI=1S/C19H24N6O/c1-25-12-14(4-5-17(25)26)22-19-15-6-9-20-10-7-16(15)23-18(24-19)13-3-2-8-21-11-13/h2-3,8,11,14,20H,4-7,9-10,12H2,1H3,(H,22,23,24)/t14-/m0/s1. The molecule has 1 fully saturated rings. The molecule has 2 aliphatic rings. The number of carbonyl (C=O) groups is 1. The Morgan fingerprint density at radius 1 is 1.23 bits per heavy atom. The Morgan fingerprint density at radius 3 is 2.92 bits per heavy atom. The van der Waals surface area contributed by atoms with E-state index in [1.165, 1.54) is 5.56 Å². The van der Waals surface area contributed by atoms with Gasteiger partial charge in [0.2, 0.25) is 5.91 Å². The van der Waals surface area contributed by atoms with Gasteiger partial charge in [0, 0.05) is 62.5 Å². The first-order valence-corrected chi connectivity index (χ1v) is 9.22. The number of anilines is 1. The monoisotopic (exact) mass is 352 g/mol. The van der Waals surface area contributed by atoms with Crippen molar-refractivity contribution in [3.63, 3.8) is 0 Å². The van der Waals surface area contributed by atoms with Gasteiger partial charge in [-0.3, -0.25) is 9.78 Å². The fourth-order valence-corrected chi connectivity index (χ4v) is 3.61. The summed E-state index contributed by atoms with van der Waals surface area (Å²) >= 11 is 0. The highest BCUT2D eigenvalue weighted by molar-refractivity contribution is 5.77. The van der Waals surface area contributed by atoms with E-state index >= 15 is 0 Å². The molecule has 4 heterocycles. The largest absolute Gasteiger partial charge is 0.365 e. The molecule has 0 spiro atoms. The number of rotatable bonds is 3. The molecule has 26 heavy (non-hydrogen) atoms. The van der Waals surface area contributed by atoms with Crippen molar-refractivity contribution in [3.05, 3.63) is 35.8 Å². The van der Waals surface area contributed by atoms with E-state index < -0.39 is 0 Å². The maximum absolute atomic E-state index is 11.8. The van der Waals surface area contributed by atoms with Gasteiger partial charge in [-0.2, -0.15) is 0 Å². The summed E-state index contributed by atoms with van der Waals surface area (Å²) in [7, 11) is 1.86. The average molecular weight is 352 g/mol. The van der Waals surface area contributed by atoms with Crippen LogP contribution in [0.2, 0.25) is 0 Å². The normalized spacial score (nSPS) is 20.4. The van der Waals surface area contributed by atoms with Gasteiger partial charge in [0.25, 0.3) is 0 Å². The molecule has 0 bridgehead atoms. The Bertz CT molecular complexity index is 794. The predicted molar refractivity (Wildman–Crippen MR) is 99.8 cm³/mol. The molecular weight excluding hydrogens is 328 g/mol. The number of hydrogen-bond acceptors (Lipinski definition) is 6. The molecule has 7 nitrogen and oxygen atoms in total. The van der Waals surface area contributed by atoms with Gasteiger partial charge in [0.1, 0.15) is 5.82 Å². The number of likely N-dealkylation sites (N-methyl/N-ethyl adjacent to an activating group) is 1. The van der Waals surface area contributed by atoms with E-state index in [2.05, 4.69) is 15.6 Å². The average Bonchev–Trinajstić information content (AvgIpc) is 2.91. The van der Waals surface area contributed by atoms with Crippen molar-refractivity contribution >= 4 is 11.7 Å². The van der Waals surface area contributed by atoms with Crippen molar-refractivity contribution in [2.75, 3.05) is 32.0 Å². The van der Waals surface area contributed by atoms with Crippen LogP contribution < -0.4 is 10.6 Å². The molecule has 0 aliphatic carbocycles. The molecule has 2 N–H and O–H groups in total. The molecule has 136 valence electrons. The SMILES string of the molecule is CN1C[C@@H](Nc2nc(-c3cccnc3)nc3c2CCNCC3)CCC1=O. The van der Waals surface area contributed by atoms with Crippen LogP contribution in [0.25, 0.3) is 11.4 Å². The van der Waals surface area contributed by atoms with Gasteiger partial charge in [-0.15, -0.1) is 0 Å². The maximum Gasteiger partial charge on any atom is 0.222 e. The summed E-state index contributed by atoms with van der Waals surface area (Å²) in [5.74, 6) is 1.83. The van der Waals surface area contributed by atoms with Gasteiger partial charge in [0.15, 0.2) is 5.82 Å².